The largest absolute Gasteiger partial charge is 0.368 e. The van der Waals surface area contributed by atoms with Crippen molar-refractivity contribution in [3.63, 3.8) is 0 Å². The summed E-state index contributed by atoms with van der Waals surface area (Å²) in [6, 6.07) is 1.58. The molecule has 84 valence electrons. The Morgan fingerprint density at radius 1 is 1.25 bits per heavy atom. The van der Waals surface area contributed by atoms with Gasteiger partial charge in [0.25, 0.3) is 0 Å². The number of halogens is 2. The highest BCUT2D eigenvalue weighted by atomic mass is 35.5. The van der Waals surface area contributed by atoms with Gasteiger partial charge in [-0.15, -0.1) is 0 Å². The molecule has 0 spiro atoms. The van der Waals surface area contributed by atoms with E-state index in [2.05, 4.69) is 15.1 Å². The molecule has 7 heteroatoms. The molecule has 5 nitrogen and oxygen atoms in total. The predicted molar refractivity (Wildman–Crippen MR) is 63.1 cm³/mol. The van der Waals surface area contributed by atoms with Gasteiger partial charge in [-0.2, -0.15) is 10.1 Å². The van der Waals surface area contributed by atoms with Crippen molar-refractivity contribution in [1.82, 2.24) is 19.7 Å². The molecule has 0 unspecified atom stereocenters. The third-order valence-electron chi connectivity index (χ3n) is 2.12. The maximum Gasteiger partial charge on any atom is 0.223 e. The Bertz CT molecular complexity index is 529. The van der Waals surface area contributed by atoms with Gasteiger partial charge in [0.05, 0.1) is 16.4 Å². The smallest absolute Gasteiger partial charge is 0.223 e. The lowest BCUT2D eigenvalue weighted by atomic mass is 10.4. The van der Waals surface area contributed by atoms with Crippen LogP contribution in [-0.4, -0.2) is 19.7 Å². The van der Waals surface area contributed by atoms with E-state index in [4.69, 9.17) is 28.9 Å². The summed E-state index contributed by atoms with van der Waals surface area (Å²) in [5.41, 5.74) is 7.03. The number of nitrogens with zero attached hydrogens (tertiary/aromatic N) is 4. The van der Waals surface area contributed by atoms with Gasteiger partial charge in [-0.05, 0) is 13.8 Å². The molecule has 0 aliphatic rings. The fraction of sp³-hybridized carbons (Fsp3) is 0.222. The summed E-state index contributed by atoms with van der Waals surface area (Å²) in [5.74, 6) is 0.608. The van der Waals surface area contributed by atoms with Crippen LogP contribution in [0.2, 0.25) is 10.2 Å². The van der Waals surface area contributed by atoms with E-state index in [0.29, 0.717) is 10.8 Å². The first-order valence-electron chi connectivity index (χ1n) is 4.51. The number of hydrogen-bond donors (Lipinski definition) is 1. The van der Waals surface area contributed by atoms with E-state index in [1.807, 2.05) is 13.8 Å². The molecule has 2 heterocycles. The van der Waals surface area contributed by atoms with E-state index in [0.717, 1.165) is 11.4 Å². The number of anilines is 1. The highest BCUT2D eigenvalue weighted by molar-refractivity contribution is 6.31. The molecule has 2 rings (SSSR count). The predicted octanol–water partition coefficient (Wildman–Crippen LogP) is 2.17. The van der Waals surface area contributed by atoms with Crippen molar-refractivity contribution in [2.75, 3.05) is 5.73 Å². The second kappa shape index (κ2) is 3.92. The molecule has 16 heavy (non-hydrogen) atoms. The zero-order valence-corrected chi connectivity index (χ0v) is 10.2. The van der Waals surface area contributed by atoms with Gasteiger partial charge >= 0.3 is 0 Å². The van der Waals surface area contributed by atoms with Gasteiger partial charge < -0.3 is 5.73 Å². The molecule has 2 N–H and O–H groups in total. The number of aryl methyl sites for hydroxylation is 1. The zero-order chi connectivity index (χ0) is 11.9. The van der Waals surface area contributed by atoms with E-state index < -0.39 is 0 Å². The first kappa shape index (κ1) is 11.2. The summed E-state index contributed by atoms with van der Waals surface area (Å²) in [5, 5.41) is 5.12. The average molecular weight is 258 g/mol. The molecule has 0 aliphatic carbocycles. The highest BCUT2D eigenvalue weighted by Crippen LogP contribution is 2.22. The minimum absolute atomic E-state index is 0.103. The van der Waals surface area contributed by atoms with Crippen molar-refractivity contribution in [3.05, 3.63) is 27.6 Å². The fourth-order valence-electron chi connectivity index (χ4n) is 1.38. The van der Waals surface area contributed by atoms with Crippen molar-refractivity contribution in [2.24, 2.45) is 0 Å². The molecule has 2 aromatic heterocycles. The van der Waals surface area contributed by atoms with Crippen molar-refractivity contribution >= 4 is 29.2 Å². The van der Waals surface area contributed by atoms with E-state index in [1.165, 1.54) is 0 Å². The van der Waals surface area contributed by atoms with E-state index in [9.17, 15) is 0 Å². The maximum absolute atomic E-state index is 6.04. The Morgan fingerprint density at radius 3 is 2.44 bits per heavy atom. The van der Waals surface area contributed by atoms with Crippen LogP contribution in [0.4, 0.5) is 5.95 Å². The number of hydrogen-bond acceptors (Lipinski definition) is 4. The lowest BCUT2D eigenvalue weighted by molar-refractivity contribution is 0.803. The second-order valence-electron chi connectivity index (χ2n) is 3.30. The molecular weight excluding hydrogens is 249 g/mol. The van der Waals surface area contributed by atoms with Crippen molar-refractivity contribution in [3.8, 4) is 5.82 Å². The lowest BCUT2D eigenvalue weighted by Gasteiger charge is -2.04. The van der Waals surface area contributed by atoms with Gasteiger partial charge in [0, 0.05) is 6.07 Å². The van der Waals surface area contributed by atoms with Crippen LogP contribution >= 0.6 is 23.2 Å². The Kier molecular flexibility index (Phi) is 2.73. The zero-order valence-electron chi connectivity index (χ0n) is 8.70. The topological polar surface area (TPSA) is 69.6 Å². The molecule has 0 atom stereocenters. The van der Waals surface area contributed by atoms with Crippen molar-refractivity contribution < 1.29 is 0 Å². The lowest BCUT2D eigenvalue weighted by Crippen LogP contribution is -2.05. The minimum Gasteiger partial charge on any atom is -0.368 e. The molecule has 0 saturated carbocycles. The molecule has 0 amide bonds. The summed E-state index contributed by atoms with van der Waals surface area (Å²) in [6.07, 6.45) is 0. The molecule has 0 saturated heterocycles. The molecule has 0 aliphatic heterocycles. The van der Waals surface area contributed by atoms with E-state index in [1.54, 1.807) is 10.7 Å². The van der Waals surface area contributed by atoms with Gasteiger partial charge in [0.2, 0.25) is 5.95 Å². The number of rotatable bonds is 1. The van der Waals surface area contributed by atoms with Crippen LogP contribution in [0.25, 0.3) is 5.82 Å². The average Bonchev–Trinajstić information content (AvgIpc) is 2.44. The van der Waals surface area contributed by atoms with Crippen LogP contribution in [0.3, 0.4) is 0 Å². The van der Waals surface area contributed by atoms with Crippen molar-refractivity contribution in [2.45, 2.75) is 13.8 Å². The van der Waals surface area contributed by atoms with Crippen molar-refractivity contribution in [1.29, 1.82) is 0 Å². The van der Waals surface area contributed by atoms with Crippen LogP contribution in [0.15, 0.2) is 6.07 Å². The monoisotopic (exact) mass is 257 g/mol. The van der Waals surface area contributed by atoms with Gasteiger partial charge in [-0.1, -0.05) is 23.2 Å². The molecule has 0 aromatic carbocycles. The second-order valence-corrected chi connectivity index (χ2v) is 4.07. The third-order valence-corrected chi connectivity index (χ3v) is 2.86. The number of aromatic nitrogens is 4. The van der Waals surface area contributed by atoms with Crippen LogP contribution in [0.1, 0.15) is 11.4 Å². The summed E-state index contributed by atoms with van der Waals surface area (Å²) >= 11 is 11.8. The van der Waals surface area contributed by atoms with Crippen LogP contribution in [0.5, 0.6) is 0 Å². The Hall–Kier alpha value is -1.33. The quantitative estimate of drug-likeness (QED) is 0.796. The SMILES string of the molecule is Cc1nn(-c2cc(Cl)nc(N)n2)c(C)c1Cl. The normalized spacial score (nSPS) is 10.8. The molecule has 0 radical (unpaired) electrons. The van der Waals surface area contributed by atoms with E-state index >= 15 is 0 Å². The first-order valence-corrected chi connectivity index (χ1v) is 5.27. The molecule has 0 bridgehead atoms. The molecular formula is C9H9Cl2N5. The summed E-state index contributed by atoms with van der Waals surface area (Å²) < 4.78 is 1.58. The fourth-order valence-corrected chi connectivity index (χ4v) is 1.68. The van der Waals surface area contributed by atoms with Crippen LogP contribution in [-0.2, 0) is 0 Å². The van der Waals surface area contributed by atoms with Crippen LogP contribution in [0, 0.1) is 13.8 Å². The Morgan fingerprint density at radius 2 is 1.94 bits per heavy atom. The standard InChI is InChI=1S/C9H9Cl2N5/c1-4-8(11)5(2)16(15-4)7-3-6(10)13-9(12)14-7/h3H,1-2H3,(H2,12,13,14). The first-order chi connectivity index (χ1) is 7.49. The highest BCUT2D eigenvalue weighted by Gasteiger charge is 2.12. The Balaban J connectivity index is 2.62. The summed E-state index contributed by atoms with van der Waals surface area (Å²) in [4.78, 5) is 7.82. The number of nitrogen functional groups attached to an aromatic ring is 1. The van der Waals surface area contributed by atoms with Gasteiger partial charge in [-0.25, -0.2) is 9.67 Å². The van der Waals surface area contributed by atoms with Gasteiger partial charge in [-0.3, -0.25) is 0 Å². The number of nitrogens with two attached hydrogens (primary N) is 1. The molecule has 0 fully saturated rings. The van der Waals surface area contributed by atoms with Gasteiger partial charge in [0.15, 0.2) is 5.82 Å². The van der Waals surface area contributed by atoms with E-state index in [-0.39, 0.29) is 11.1 Å². The van der Waals surface area contributed by atoms with Gasteiger partial charge in [0.1, 0.15) is 5.15 Å². The maximum atomic E-state index is 6.04. The molecule has 2 aromatic rings. The van der Waals surface area contributed by atoms with Crippen LogP contribution < -0.4 is 5.73 Å². The minimum atomic E-state index is 0.103. The summed E-state index contributed by atoms with van der Waals surface area (Å²) in [6.45, 7) is 3.66. The third kappa shape index (κ3) is 1.83. The Labute approximate surface area is 102 Å². The summed E-state index contributed by atoms with van der Waals surface area (Å²) in [7, 11) is 0.